The summed E-state index contributed by atoms with van der Waals surface area (Å²) in [5.41, 5.74) is -0.105. The van der Waals surface area contributed by atoms with Crippen LogP contribution < -0.4 is 4.74 Å². The average molecular weight is 399 g/mol. The molecule has 8 nitrogen and oxygen atoms in total. The number of hydrogen-bond donors (Lipinski definition) is 1. The van der Waals surface area contributed by atoms with Gasteiger partial charge in [0.25, 0.3) is 5.91 Å². The summed E-state index contributed by atoms with van der Waals surface area (Å²) < 4.78 is 15.8. The number of esters is 1. The molecule has 0 radical (unpaired) electrons. The number of benzene rings is 2. The normalized spacial score (nSPS) is 13.6. The van der Waals surface area contributed by atoms with Crippen LogP contribution in [0, 0.1) is 0 Å². The maximum atomic E-state index is 12.8. The van der Waals surface area contributed by atoms with E-state index in [1.165, 1.54) is 23.1 Å². The van der Waals surface area contributed by atoms with Crippen molar-refractivity contribution in [2.45, 2.75) is 0 Å². The summed E-state index contributed by atoms with van der Waals surface area (Å²) in [5, 5.41) is 9.40. The third kappa shape index (κ3) is 5.32. The molecule has 0 spiro atoms. The predicted octanol–water partition coefficient (Wildman–Crippen LogP) is 2.09. The zero-order valence-electron chi connectivity index (χ0n) is 15.7. The van der Waals surface area contributed by atoms with Gasteiger partial charge in [-0.15, -0.1) is 0 Å². The molecule has 1 heterocycles. The molecular weight excluding hydrogens is 378 g/mol. The van der Waals surface area contributed by atoms with Crippen LogP contribution in [0.2, 0.25) is 0 Å². The fourth-order valence-corrected chi connectivity index (χ4v) is 2.87. The number of carbonyl (C=O) groups excluding carboxylic acids is 2. The summed E-state index contributed by atoms with van der Waals surface area (Å²) >= 11 is 0. The number of nitrogens with zero attached hydrogens (tertiary/aromatic N) is 1. The number of amides is 1. The Morgan fingerprint density at radius 2 is 1.69 bits per heavy atom. The van der Waals surface area contributed by atoms with Crippen LogP contribution in [0.5, 0.6) is 5.75 Å². The van der Waals surface area contributed by atoms with Crippen molar-refractivity contribution in [1.82, 2.24) is 4.90 Å². The van der Waals surface area contributed by atoms with Gasteiger partial charge in [0.15, 0.2) is 0 Å². The van der Waals surface area contributed by atoms with Gasteiger partial charge in [0, 0.05) is 13.1 Å². The zero-order chi connectivity index (χ0) is 20.6. The third-order valence-electron chi connectivity index (χ3n) is 4.34. The van der Waals surface area contributed by atoms with E-state index >= 15 is 0 Å². The molecule has 1 amide bonds. The summed E-state index contributed by atoms with van der Waals surface area (Å²) in [6.45, 7) is 1.69. The predicted molar refractivity (Wildman–Crippen MR) is 102 cm³/mol. The van der Waals surface area contributed by atoms with Crippen molar-refractivity contribution >= 4 is 17.8 Å². The van der Waals surface area contributed by atoms with Crippen LogP contribution >= 0.6 is 0 Å². The van der Waals surface area contributed by atoms with Crippen LogP contribution in [0.3, 0.4) is 0 Å². The smallest absolute Gasteiger partial charge is 0.338 e. The number of aromatic carboxylic acids is 1. The quantitative estimate of drug-likeness (QED) is 0.562. The van der Waals surface area contributed by atoms with Crippen LogP contribution in [0.1, 0.15) is 31.1 Å². The van der Waals surface area contributed by atoms with Crippen molar-refractivity contribution in [3.8, 4) is 5.75 Å². The van der Waals surface area contributed by atoms with Crippen molar-refractivity contribution in [2.75, 3.05) is 39.5 Å². The largest absolute Gasteiger partial charge is 0.490 e. The molecule has 1 aliphatic heterocycles. The van der Waals surface area contributed by atoms with Gasteiger partial charge < -0.3 is 24.2 Å². The highest BCUT2D eigenvalue weighted by atomic mass is 16.6. The van der Waals surface area contributed by atoms with E-state index in [1.807, 2.05) is 18.2 Å². The summed E-state index contributed by atoms with van der Waals surface area (Å²) in [6, 6.07) is 12.9. The van der Waals surface area contributed by atoms with Crippen LogP contribution in [-0.4, -0.2) is 67.4 Å². The van der Waals surface area contributed by atoms with Gasteiger partial charge in [-0.3, -0.25) is 4.79 Å². The number of carboxylic acid groups (broad SMARTS) is 1. The first-order valence-corrected chi connectivity index (χ1v) is 9.15. The Morgan fingerprint density at radius 3 is 2.38 bits per heavy atom. The SMILES string of the molecule is O=C(OCCOc1ccccc1)c1ccc(C(=O)O)c(C(=O)N2CCOCC2)c1. The van der Waals surface area contributed by atoms with Crippen molar-refractivity contribution < 1.29 is 33.7 Å². The van der Waals surface area contributed by atoms with E-state index in [9.17, 15) is 19.5 Å². The van der Waals surface area contributed by atoms with Gasteiger partial charge in [-0.2, -0.15) is 0 Å². The van der Waals surface area contributed by atoms with Crippen LogP contribution in [0.15, 0.2) is 48.5 Å². The number of carbonyl (C=O) groups is 3. The molecule has 2 aromatic rings. The highest BCUT2D eigenvalue weighted by Gasteiger charge is 2.25. The van der Waals surface area contributed by atoms with E-state index in [2.05, 4.69) is 0 Å². The van der Waals surface area contributed by atoms with E-state index in [0.29, 0.717) is 32.1 Å². The molecule has 0 bridgehead atoms. The Morgan fingerprint density at radius 1 is 0.966 bits per heavy atom. The molecule has 29 heavy (non-hydrogen) atoms. The van der Waals surface area contributed by atoms with E-state index in [4.69, 9.17) is 14.2 Å². The van der Waals surface area contributed by atoms with Crippen LogP contribution in [0.4, 0.5) is 0 Å². The molecule has 0 saturated carbocycles. The lowest BCUT2D eigenvalue weighted by Crippen LogP contribution is -2.41. The highest BCUT2D eigenvalue weighted by Crippen LogP contribution is 2.17. The van der Waals surface area contributed by atoms with E-state index in [-0.39, 0.29) is 29.9 Å². The van der Waals surface area contributed by atoms with Gasteiger partial charge >= 0.3 is 11.9 Å². The lowest BCUT2D eigenvalue weighted by Gasteiger charge is -2.27. The highest BCUT2D eigenvalue weighted by molar-refractivity contribution is 6.06. The second kappa shape index (κ2) is 9.70. The van der Waals surface area contributed by atoms with E-state index in [1.54, 1.807) is 12.1 Å². The molecule has 0 atom stereocenters. The van der Waals surface area contributed by atoms with Gasteiger partial charge in [0.2, 0.25) is 0 Å². The summed E-state index contributed by atoms with van der Waals surface area (Å²) in [5.74, 6) is -1.69. The number of rotatable bonds is 7. The molecule has 0 aromatic heterocycles. The van der Waals surface area contributed by atoms with Crippen LogP contribution in [-0.2, 0) is 9.47 Å². The average Bonchev–Trinajstić information content (AvgIpc) is 2.77. The molecule has 152 valence electrons. The van der Waals surface area contributed by atoms with Gasteiger partial charge in [-0.25, -0.2) is 9.59 Å². The fraction of sp³-hybridized carbons (Fsp3) is 0.286. The standard InChI is InChI=1S/C21H21NO7/c23-19(22-8-10-27-11-9-22)18-14-15(6-7-17(18)20(24)25)21(26)29-13-12-28-16-4-2-1-3-5-16/h1-7,14H,8-13H2,(H,24,25). The lowest BCUT2D eigenvalue weighted by atomic mass is 10.0. The molecule has 1 saturated heterocycles. The number of para-hydroxylation sites is 1. The first-order valence-electron chi connectivity index (χ1n) is 9.15. The summed E-state index contributed by atoms with van der Waals surface area (Å²) in [7, 11) is 0. The number of hydrogen-bond acceptors (Lipinski definition) is 6. The van der Waals surface area contributed by atoms with E-state index < -0.39 is 17.8 Å². The minimum absolute atomic E-state index is 0.0150. The maximum Gasteiger partial charge on any atom is 0.338 e. The van der Waals surface area contributed by atoms with Gasteiger partial charge in [-0.1, -0.05) is 18.2 Å². The molecule has 0 unspecified atom stereocenters. The lowest BCUT2D eigenvalue weighted by molar-refractivity contribution is 0.0300. The Kier molecular flexibility index (Phi) is 6.80. The zero-order valence-corrected chi connectivity index (χ0v) is 15.7. The Labute approximate surface area is 167 Å². The van der Waals surface area contributed by atoms with Gasteiger partial charge in [-0.05, 0) is 30.3 Å². The van der Waals surface area contributed by atoms with Crippen molar-refractivity contribution in [2.24, 2.45) is 0 Å². The summed E-state index contributed by atoms with van der Waals surface area (Å²) in [6.07, 6.45) is 0. The molecule has 0 aliphatic carbocycles. The Hall–Kier alpha value is -3.39. The van der Waals surface area contributed by atoms with Gasteiger partial charge in [0.05, 0.1) is 29.9 Å². The topological polar surface area (TPSA) is 102 Å². The monoisotopic (exact) mass is 399 g/mol. The third-order valence-corrected chi connectivity index (χ3v) is 4.34. The first kappa shape index (κ1) is 20.3. The Balaban J connectivity index is 1.66. The first-order chi connectivity index (χ1) is 14.1. The second-order valence-electron chi connectivity index (χ2n) is 6.27. The molecule has 2 aromatic carbocycles. The minimum Gasteiger partial charge on any atom is -0.490 e. The second-order valence-corrected chi connectivity index (χ2v) is 6.27. The molecular formula is C21H21NO7. The minimum atomic E-state index is -1.24. The van der Waals surface area contributed by atoms with E-state index in [0.717, 1.165) is 0 Å². The van der Waals surface area contributed by atoms with Gasteiger partial charge in [0.1, 0.15) is 19.0 Å². The van der Waals surface area contributed by atoms with Crippen molar-refractivity contribution in [3.05, 3.63) is 65.2 Å². The number of carboxylic acids is 1. The fourth-order valence-electron chi connectivity index (χ4n) is 2.87. The molecule has 1 N–H and O–H groups in total. The molecule has 8 heteroatoms. The number of ether oxygens (including phenoxy) is 3. The number of morpholine rings is 1. The molecule has 1 aliphatic rings. The van der Waals surface area contributed by atoms with Crippen molar-refractivity contribution in [3.63, 3.8) is 0 Å². The van der Waals surface area contributed by atoms with Crippen LogP contribution in [0.25, 0.3) is 0 Å². The summed E-state index contributed by atoms with van der Waals surface area (Å²) in [4.78, 5) is 38.1. The van der Waals surface area contributed by atoms with Crippen molar-refractivity contribution in [1.29, 1.82) is 0 Å². The molecule has 3 rings (SSSR count). The molecule has 1 fully saturated rings. The Bertz CT molecular complexity index is 876. The maximum absolute atomic E-state index is 12.8.